The lowest BCUT2D eigenvalue weighted by atomic mass is 10.1. The van der Waals surface area contributed by atoms with E-state index >= 15 is 0 Å². The number of oxazole rings is 1. The van der Waals surface area contributed by atoms with Crippen molar-refractivity contribution in [3.63, 3.8) is 0 Å². The number of ether oxygens (including phenoxy) is 1. The first-order chi connectivity index (χ1) is 14.1. The Morgan fingerprint density at radius 3 is 2.86 bits per heavy atom. The highest BCUT2D eigenvalue weighted by Gasteiger charge is 2.36. The molecule has 5 rings (SSSR count). The molecule has 0 spiro atoms. The number of carbonyl (C=O) groups is 2. The quantitative estimate of drug-likeness (QED) is 0.717. The van der Waals surface area contributed by atoms with Crippen molar-refractivity contribution < 1.29 is 18.7 Å². The lowest BCUT2D eigenvalue weighted by molar-refractivity contribution is -0.122. The molecule has 2 fully saturated rings. The average Bonchev–Trinajstić information content (AvgIpc) is 3.38. The molecule has 0 bridgehead atoms. The van der Waals surface area contributed by atoms with E-state index in [1.54, 1.807) is 24.1 Å². The summed E-state index contributed by atoms with van der Waals surface area (Å²) in [6.45, 7) is 0.322. The van der Waals surface area contributed by atoms with Crippen molar-refractivity contribution in [3.8, 4) is 5.75 Å². The number of para-hydroxylation sites is 2. The number of carbonyl (C=O) groups excluding carboxylic acids is 2. The highest BCUT2D eigenvalue weighted by Crippen LogP contribution is 2.40. The van der Waals surface area contributed by atoms with E-state index in [0.29, 0.717) is 29.6 Å². The minimum atomic E-state index is -0.428. The summed E-state index contributed by atoms with van der Waals surface area (Å²) in [5, 5.41) is 2.92. The Labute approximate surface area is 167 Å². The van der Waals surface area contributed by atoms with Crippen molar-refractivity contribution >= 4 is 34.3 Å². The van der Waals surface area contributed by atoms with Crippen molar-refractivity contribution in [2.24, 2.45) is 5.92 Å². The first-order valence-corrected chi connectivity index (χ1v) is 9.77. The van der Waals surface area contributed by atoms with Crippen molar-refractivity contribution in [3.05, 3.63) is 48.4 Å². The number of amides is 2. The summed E-state index contributed by atoms with van der Waals surface area (Å²) in [6, 6.07) is 12.8. The number of benzene rings is 2. The van der Waals surface area contributed by atoms with Gasteiger partial charge >= 0.3 is 0 Å². The maximum absolute atomic E-state index is 12.8. The van der Waals surface area contributed by atoms with Crippen LogP contribution in [0.15, 0.2) is 46.9 Å². The number of anilines is 2. The van der Waals surface area contributed by atoms with Crippen molar-refractivity contribution in [2.75, 3.05) is 23.9 Å². The van der Waals surface area contributed by atoms with Crippen LogP contribution in [0.4, 0.5) is 11.4 Å². The summed E-state index contributed by atoms with van der Waals surface area (Å²) < 4.78 is 11.1. The van der Waals surface area contributed by atoms with Gasteiger partial charge in [0, 0.05) is 24.6 Å². The molecule has 1 saturated carbocycles. The molecule has 2 aromatic carbocycles. The van der Waals surface area contributed by atoms with E-state index in [0.717, 1.165) is 29.8 Å². The Morgan fingerprint density at radius 2 is 2.07 bits per heavy atom. The van der Waals surface area contributed by atoms with E-state index in [9.17, 15) is 9.59 Å². The van der Waals surface area contributed by atoms with Gasteiger partial charge in [-0.2, -0.15) is 0 Å². The highest BCUT2D eigenvalue weighted by molar-refractivity contribution is 6.04. The smallest absolute Gasteiger partial charge is 0.229 e. The molecule has 1 aliphatic carbocycles. The van der Waals surface area contributed by atoms with Gasteiger partial charge < -0.3 is 19.4 Å². The van der Waals surface area contributed by atoms with Crippen molar-refractivity contribution in [1.82, 2.24) is 4.98 Å². The molecule has 2 aliphatic rings. The number of nitrogens with one attached hydrogen (secondary N) is 1. The summed E-state index contributed by atoms with van der Waals surface area (Å²) in [4.78, 5) is 31.5. The number of fused-ring (bicyclic) bond motifs is 1. The van der Waals surface area contributed by atoms with Gasteiger partial charge in [-0.25, -0.2) is 4.98 Å². The number of rotatable bonds is 5. The third kappa shape index (κ3) is 3.33. The SMILES string of the molecule is COc1ccccc1N1CC(C(=O)Nc2ccc3oc(C4CC4)nc3c2)CC1=O. The van der Waals surface area contributed by atoms with Crippen LogP contribution in [0.25, 0.3) is 11.1 Å². The van der Waals surface area contributed by atoms with Gasteiger partial charge in [0.2, 0.25) is 11.8 Å². The topological polar surface area (TPSA) is 84.7 Å². The minimum absolute atomic E-state index is 0.0873. The van der Waals surface area contributed by atoms with Crippen LogP contribution in [0, 0.1) is 5.92 Å². The zero-order chi connectivity index (χ0) is 20.0. The molecule has 1 atom stereocenters. The van der Waals surface area contributed by atoms with E-state index in [1.165, 1.54) is 0 Å². The predicted octanol–water partition coefficient (Wildman–Crippen LogP) is 3.71. The maximum Gasteiger partial charge on any atom is 0.229 e. The lowest BCUT2D eigenvalue weighted by Gasteiger charge is -2.19. The summed E-state index contributed by atoms with van der Waals surface area (Å²) in [5.41, 5.74) is 2.80. The molecule has 1 N–H and O–H groups in total. The predicted molar refractivity (Wildman–Crippen MR) is 108 cm³/mol. The maximum atomic E-state index is 12.8. The zero-order valence-electron chi connectivity index (χ0n) is 16.1. The fourth-order valence-electron chi connectivity index (χ4n) is 3.74. The fraction of sp³-hybridized carbons (Fsp3) is 0.318. The van der Waals surface area contributed by atoms with E-state index in [1.807, 2.05) is 30.3 Å². The number of hydrogen-bond donors (Lipinski definition) is 1. The van der Waals surface area contributed by atoms with Crippen molar-refractivity contribution in [2.45, 2.75) is 25.2 Å². The number of hydrogen-bond acceptors (Lipinski definition) is 5. The van der Waals surface area contributed by atoms with Crippen molar-refractivity contribution in [1.29, 1.82) is 0 Å². The van der Waals surface area contributed by atoms with Gasteiger partial charge in [0.15, 0.2) is 11.5 Å². The largest absolute Gasteiger partial charge is 0.495 e. The van der Waals surface area contributed by atoms with Gasteiger partial charge in [0.1, 0.15) is 11.3 Å². The molecule has 0 radical (unpaired) electrons. The standard InChI is InChI=1S/C22H21N3O4/c1-28-19-5-3-2-4-17(19)25-12-14(10-20(25)26)21(27)23-15-8-9-18-16(11-15)24-22(29-18)13-6-7-13/h2-5,8-9,11,13-14H,6-7,10,12H2,1H3,(H,23,27). The van der Waals surface area contributed by atoms with Gasteiger partial charge in [-0.15, -0.1) is 0 Å². The van der Waals surface area contributed by atoms with Crippen LogP contribution in [0.1, 0.15) is 31.1 Å². The zero-order valence-corrected chi connectivity index (χ0v) is 16.1. The van der Waals surface area contributed by atoms with Gasteiger partial charge in [-0.1, -0.05) is 12.1 Å². The molecule has 3 aromatic rings. The molecular formula is C22H21N3O4. The second kappa shape index (κ2) is 6.92. The molecule has 1 saturated heterocycles. The molecule has 2 amide bonds. The third-order valence-electron chi connectivity index (χ3n) is 5.47. The van der Waals surface area contributed by atoms with Crippen LogP contribution in [0.2, 0.25) is 0 Å². The monoisotopic (exact) mass is 391 g/mol. The molecular weight excluding hydrogens is 370 g/mol. The molecule has 7 nitrogen and oxygen atoms in total. The van der Waals surface area contributed by atoms with Crippen LogP contribution in [0.5, 0.6) is 5.75 Å². The first-order valence-electron chi connectivity index (χ1n) is 9.77. The average molecular weight is 391 g/mol. The Balaban J connectivity index is 1.31. The lowest BCUT2D eigenvalue weighted by Crippen LogP contribution is -2.28. The van der Waals surface area contributed by atoms with E-state index in [2.05, 4.69) is 10.3 Å². The molecule has 148 valence electrons. The first kappa shape index (κ1) is 17.7. The summed E-state index contributed by atoms with van der Waals surface area (Å²) in [5.74, 6) is 1.13. The molecule has 1 aliphatic heterocycles. The van der Waals surface area contributed by atoms with Crippen LogP contribution in [0.3, 0.4) is 0 Å². The Morgan fingerprint density at radius 1 is 1.24 bits per heavy atom. The normalized spacial score (nSPS) is 19.0. The minimum Gasteiger partial charge on any atom is -0.495 e. The van der Waals surface area contributed by atoms with E-state index in [-0.39, 0.29) is 18.2 Å². The molecule has 7 heteroatoms. The van der Waals surface area contributed by atoms with Crippen LogP contribution >= 0.6 is 0 Å². The van der Waals surface area contributed by atoms with Crippen LogP contribution < -0.4 is 15.0 Å². The van der Waals surface area contributed by atoms with Crippen LogP contribution in [-0.2, 0) is 9.59 Å². The van der Waals surface area contributed by atoms with Crippen LogP contribution in [-0.4, -0.2) is 30.5 Å². The van der Waals surface area contributed by atoms with E-state index < -0.39 is 5.92 Å². The highest BCUT2D eigenvalue weighted by atomic mass is 16.5. The molecule has 29 heavy (non-hydrogen) atoms. The Hall–Kier alpha value is -3.35. The third-order valence-corrected chi connectivity index (χ3v) is 5.47. The summed E-state index contributed by atoms with van der Waals surface area (Å²) in [7, 11) is 1.57. The molecule has 1 aromatic heterocycles. The fourth-order valence-corrected chi connectivity index (χ4v) is 3.74. The Bertz CT molecular complexity index is 1100. The van der Waals surface area contributed by atoms with E-state index in [4.69, 9.17) is 9.15 Å². The number of methoxy groups -OCH3 is 1. The molecule has 1 unspecified atom stereocenters. The van der Waals surface area contributed by atoms with Gasteiger partial charge in [0.25, 0.3) is 0 Å². The molecule has 2 heterocycles. The summed E-state index contributed by atoms with van der Waals surface area (Å²) >= 11 is 0. The number of aromatic nitrogens is 1. The Kier molecular flexibility index (Phi) is 4.23. The second-order valence-electron chi connectivity index (χ2n) is 7.58. The summed E-state index contributed by atoms with van der Waals surface area (Å²) in [6.07, 6.45) is 2.41. The second-order valence-corrected chi connectivity index (χ2v) is 7.58. The van der Waals surface area contributed by atoms with Gasteiger partial charge in [-0.3, -0.25) is 9.59 Å². The van der Waals surface area contributed by atoms with Gasteiger partial charge in [0.05, 0.1) is 18.7 Å². The van der Waals surface area contributed by atoms with Gasteiger partial charge in [-0.05, 0) is 43.2 Å². The number of nitrogens with zero attached hydrogens (tertiary/aromatic N) is 2.